The minimum absolute atomic E-state index is 0.0120. The highest BCUT2D eigenvalue weighted by atomic mass is 16.7. The molecule has 2 N–H and O–H groups in total. The maximum atomic E-state index is 12.0. The molecule has 0 fully saturated rings. The maximum absolute atomic E-state index is 12.0. The van der Waals surface area contributed by atoms with Gasteiger partial charge in [-0.25, -0.2) is 9.59 Å². The van der Waals surface area contributed by atoms with E-state index in [-0.39, 0.29) is 23.8 Å². The fraction of sp³-hybridized carbons (Fsp3) is 0.333. The predicted octanol–water partition coefficient (Wildman–Crippen LogP) is 2.67. The predicted molar refractivity (Wildman–Crippen MR) is 97.4 cm³/mol. The van der Waals surface area contributed by atoms with Gasteiger partial charge in [-0.05, 0) is 19.4 Å². The Labute approximate surface area is 165 Å². The average molecular weight is 408 g/mol. The third-order valence-electron chi connectivity index (χ3n) is 3.92. The molecule has 11 nitrogen and oxygen atoms in total. The van der Waals surface area contributed by atoms with Crippen molar-refractivity contribution in [1.29, 1.82) is 0 Å². The van der Waals surface area contributed by atoms with Crippen molar-refractivity contribution in [3.63, 3.8) is 0 Å². The number of aliphatic hydroxyl groups excluding tert-OH is 1. The van der Waals surface area contributed by atoms with Gasteiger partial charge in [-0.2, -0.15) is 0 Å². The summed E-state index contributed by atoms with van der Waals surface area (Å²) in [5.74, 6) is -0.928. The van der Waals surface area contributed by atoms with Crippen LogP contribution in [0.4, 0.5) is 15.3 Å². The smallest absolute Gasteiger partial charge is 0.437 e. The quantitative estimate of drug-likeness (QED) is 0.409. The summed E-state index contributed by atoms with van der Waals surface area (Å²) in [7, 11) is 1.13. The van der Waals surface area contributed by atoms with E-state index in [0.29, 0.717) is 17.0 Å². The van der Waals surface area contributed by atoms with Gasteiger partial charge in [0, 0.05) is 12.1 Å². The first kappa shape index (κ1) is 21.7. The van der Waals surface area contributed by atoms with Crippen molar-refractivity contribution < 1.29 is 38.6 Å². The summed E-state index contributed by atoms with van der Waals surface area (Å²) in [5.41, 5.74) is 0.955. The van der Waals surface area contributed by atoms with Crippen LogP contribution in [0.5, 0.6) is 0 Å². The molecule has 0 radical (unpaired) electrons. The SMILES string of the molecule is COC(=O)OC1=C(C)NC(C)=C(OC(=O)OCCO)C1c1cccc([N+](=O)[O-])c1. The molecule has 0 spiro atoms. The summed E-state index contributed by atoms with van der Waals surface area (Å²) in [5, 5.41) is 22.9. The van der Waals surface area contributed by atoms with Crippen molar-refractivity contribution in [1.82, 2.24) is 5.32 Å². The van der Waals surface area contributed by atoms with Crippen LogP contribution in [-0.4, -0.2) is 42.7 Å². The van der Waals surface area contributed by atoms with E-state index in [4.69, 9.17) is 19.3 Å². The summed E-state index contributed by atoms with van der Waals surface area (Å²) in [6.45, 7) is 2.56. The van der Waals surface area contributed by atoms with Crippen LogP contribution in [0, 0.1) is 10.1 Å². The average Bonchev–Trinajstić information content (AvgIpc) is 2.69. The molecule has 2 rings (SSSR count). The zero-order valence-corrected chi connectivity index (χ0v) is 16.0. The Kier molecular flexibility index (Phi) is 7.15. The first-order chi connectivity index (χ1) is 13.8. The number of carbonyl (C=O) groups excluding carboxylic acids is 2. The second-order valence-corrected chi connectivity index (χ2v) is 5.87. The van der Waals surface area contributed by atoms with Crippen LogP contribution in [0.15, 0.2) is 47.2 Å². The van der Waals surface area contributed by atoms with Crippen molar-refractivity contribution in [3.8, 4) is 0 Å². The summed E-state index contributed by atoms with van der Waals surface area (Å²) in [6.07, 6.45) is -2.11. The second kappa shape index (κ2) is 9.55. The van der Waals surface area contributed by atoms with Gasteiger partial charge in [0.05, 0.1) is 30.0 Å². The van der Waals surface area contributed by atoms with E-state index in [1.165, 1.54) is 18.2 Å². The highest BCUT2D eigenvalue weighted by Crippen LogP contribution is 2.40. The van der Waals surface area contributed by atoms with Crippen molar-refractivity contribution in [2.24, 2.45) is 0 Å². The molecule has 1 atom stereocenters. The van der Waals surface area contributed by atoms with Crippen molar-refractivity contribution >= 4 is 18.0 Å². The molecular formula is C18H20N2O9. The Morgan fingerprint density at radius 3 is 2.34 bits per heavy atom. The van der Waals surface area contributed by atoms with Gasteiger partial charge in [0.2, 0.25) is 0 Å². The van der Waals surface area contributed by atoms with Gasteiger partial charge in [-0.3, -0.25) is 10.1 Å². The summed E-state index contributed by atoms with van der Waals surface area (Å²) in [6, 6.07) is 5.60. The number of dihydropyridines is 1. The van der Waals surface area contributed by atoms with Crippen LogP contribution in [0.25, 0.3) is 0 Å². The molecule has 29 heavy (non-hydrogen) atoms. The van der Waals surface area contributed by atoms with Gasteiger partial charge in [-0.1, -0.05) is 12.1 Å². The monoisotopic (exact) mass is 408 g/mol. The maximum Gasteiger partial charge on any atom is 0.513 e. The molecule has 156 valence electrons. The molecule has 0 saturated heterocycles. The van der Waals surface area contributed by atoms with Gasteiger partial charge in [0.25, 0.3) is 5.69 Å². The number of aliphatic hydroxyl groups is 1. The lowest BCUT2D eigenvalue weighted by atomic mass is 9.90. The number of allylic oxidation sites excluding steroid dienone is 2. The number of nitrogens with zero attached hydrogens (tertiary/aromatic N) is 1. The molecule has 0 saturated carbocycles. The van der Waals surface area contributed by atoms with Gasteiger partial charge in [-0.15, -0.1) is 0 Å². The van der Waals surface area contributed by atoms with Gasteiger partial charge < -0.3 is 29.4 Å². The number of nitro benzene ring substituents is 1. The number of rotatable bonds is 6. The van der Waals surface area contributed by atoms with E-state index in [0.717, 1.165) is 7.11 Å². The van der Waals surface area contributed by atoms with Gasteiger partial charge >= 0.3 is 12.3 Å². The third kappa shape index (κ3) is 5.23. The fourth-order valence-electron chi connectivity index (χ4n) is 2.73. The summed E-state index contributed by atoms with van der Waals surface area (Å²) in [4.78, 5) is 34.3. The Hall–Kier alpha value is -3.60. The van der Waals surface area contributed by atoms with Crippen LogP contribution in [0.2, 0.25) is 0 Å². The Bertz CT molecular complexity index is 876. The number of hydrogen-bond acceptors (Lipinski definition) is 10. The molecule has 0 aliphatic carbocycles. The lowest BCUT2D eigenvalue weighted by molar-refractivity contribution is -0.384. The zero-order chi connectivity index (χ0) is 21.6. The number of benzene rings is 1. The lowest BCUT2D eigenvalue weighted by Gasteiger charge is -2.30. The second-order valence-electron chi connectivity index (χ2n) is 5.87. The molecule has 0 amide bonds. The molecule has 1 aliphatic heterocycles. The van der Waals surface area contributed by atoms with Crippen molar-refractivity contribution in [2.75, 3.05) is 20.3 Å². The molecule has 1 unspecified atom stereocenters. The molecule has 11 heteroatoms. The summed E-state index contributed by atoms with van der Waals surface area (Å²) >= 11 is 0. The molecule has 0 aromatic heterocycles. The lowest BCUT2D eigenvalue weighted by Crippen LogP contribution is -2.29. The van der Waals surface area contributed by atoms with Crippen LogP contribution in [0.3, 0.4) is 0 Å². The van der Waals surface area contributed by atoms with E-state index in [9.17, 15) is 19.7 Å². The normalized spacial score (nSPS) is 16.1. The molecule has 1 aliphatic rings. The third-order valence-corrected chi connectivity index (χ3v) is 3.92. The molecule has 0 bridgehead atoms. The molecular weight excluding hydrogens is 388 g/mol. The largest absolute Gasteiger partial charge is 0.513 e. The van der Waals surface area contributed by atoms with Crippen LogP contribution < -0.4 is 5.32 Å². The number of methoxy groups -OCH3 is 1. The van der Waals surface area contributed by atoms with Crippen molar-refractivity contribution in [2.45, 2.75) is 19.8 Å². The number of hydrogen-bond donors (Lipinski definition) is 2. The summed E-state index contributed by atoms with van der Waals surface area (Å²) < 4.78 is 19.8. The minimum Gasteiger partial charge on any atom is -0.437 e. The number of non-ortho nitro benzene ring substituents is 1. The molecule has 1 aromatic carbocycles. The van der Waals surface area contributed by atoms with Crippen molar-refractivity contribution in [3.05, 3.63) is 62.9 Å². The fourth-order valence-corrected chi connectivity index (χ4v) is 2.73. The van der Waals surface area contributed by atoms with Crippen LogP contribution in [-0.2, 0) is 18.9 Å². The van der Waals surface area contributed by atoms with Gasteiger partial charge in [0.1, 0.15) is 24.0 Å². The number of ether oxygens (including phenoxy) is 4. The zero-order valence-electron chi connectivity index (χ0n) is 16.0. The van der Waals surface area contributed by atoms with E-state index in [1.54, 1.807) is 19.9 Å². The van der Waals surface area contributed by atoms with Gasteiger partial charge in [0.15, 0.2) is 0 Å². The highest BCUT2D eigenvalue weighted by molar-refractivity contribution is 5.65. The standard InChI is InChI=1S/C18H20N2O9/c1-10-15(28-17(22)26-3)14(12-5-4-6-13(9-12)20(24)25)16(11(2)19-10)29-18(23)27-8-7-21/h4-6,9,14,19,21H,7-8H2,1-3H3. The highest BCUT2D eigenvalue weighted by Gasteiger charge is 2.36. The van der Waals surface area contributed by atoms with E-state index in [1.807, 2.05) is 0 Å². The topological polar surface area (TPSA) is 146 Å². The Morgan fingerprint density at radius 1 is 1.17 bits per heavy atom. The van der Waals surface area contributed by atoms with E-state index in [2.05, 4.69) is 10.1 Å². The van der Waals surface area contributed by atoms with E-state index >= 15 is 0 Å². The van der Waals surface area contributed by atoms with Crippen LogP contribution in [0.1, 0.15) is 25.3 Å². The first-order valence-corrected chi connectivity index (χ1v) is 8.42. The number of carbonyl (C=O) groups is 2. The Morgan fingerprint density at radius 2 is 1.79 bits per heavy atom. The Balaban J connectivity index is 2.53. The minimum atomic E-state index is -1.09. The van der Waals surface area contributed by atoms with Crippen LogP contribution >= 0.6 is 0 Å². The first-order valence-electron chi connectivity index (χ1n) is 8.42. The van der Waals surface area contributed by atoms with E-state index < -0.39 is 29.8 Å². The molecule has 1 aromatic rings. The number of nitro groups is 1. The number of nitrogens with one attached hydrogen (secondary N) is 1. The molecule has 1 heterocycles.